The van der Waals surface area contributed by atoms with Crippen LogP contribution in [0.15, 0.2) is 30.6 Å². The summed E-state index contributed by atoms with van der Waals surface area (Å²) in [6.45, 7) is 5.23. The molecule has 1 aromatic carbocycles. The largest absolute Gasteiger partial charge is 0.363 e. The molecule has 0 saturated carbocycles. The number of fused-ring (bicyclic) bond motifs is 1. The van der Waals surface area contributed by atoms with E-state index in [0.29, 0.717) is 0 Å². The third-order valence-corrected chi connectivity index (χ3v) is 3.78. The van der Waals surface area contributed by atoms with Crippen LogP contribution in [-0.2, 0) is 13.1 Å². The molecule has 1 aliphatic rings. The Bertz CT molecular complexity index is 684. The Morgan fingerprint density at radius 2 is 2.19 bits per heavy atom. The minimum Gasteiger partial charge on any atom is -0.363 e. The molecule has 2 heterocycles. The molecule has 0 aliphatic carbocycles. The zero-order chi connectivity index (χ0) is 14.8. The summed E-state index contributed by atoms with van der Waals surface area (Å²) in [5, 5.41) is 6.70. The minimum atomic E-state index is 0.0731. The third-order valence-electron chi connectivity index (χ3n) is 3.78. The maximum Gasteiger partial charge on any atom is 0.159 e. The summed E-state index contributed by atoms with van der Waals surface area (Å²) >= 11 is 0. The number of nitrogens with one attached hydrogen (secondary N) is 2. The molecular formula is C16H18N4O. The molecule has 3 rings (SSSR count). The second kappa shape index (κ2) is 5.61. The van der Waals surface area contributed by atoms with Crippen molar-refractivity contribution in [2.75, 3.05) is 5.32 Å². The number of anilines is 1. The standard InChI is InChI=1S/C16H18N4O/c1-10(12-4-3-5-13(6-12)11(2)21)20-16-14-7-17-8-15(14)18-9-19-16/h3-6,9-10,17H,7-8H2,1-2H3,(H,18,19,20). The zero-order valence-electron chi connectivity index (χ0n) is 12.2. The lowest BCUT2D eigenvalue weighted by atomic mass is 10.0. The fourth-order valence-electron chi connectivity index (χ4n) is 2.53. The molecule has 0 amide bonds. The molecular weight excluding hydrogens is 264 g/mol. The average molecular weight is 282 g/mol. The van der Waals surface area contributed by atoms with Crippen molar-refractivity contribution in [2.45, 2.75) is 33.0 Å². The molecule has 0 bridgehead atoms. The van der Waals surface area contributed by atoms with Crippen molar-refractivity contribution in [2.24, 2.45) is 0 Å². The second-order valence-electron chi connectivity index (χ2n) is 5.30. The molecule has 21 heavy (non-hydrogen) atoms. The lowest BCUT2D eigenvalue weighted by Gasteiger charge is -2.17. The summed E-state index contributed by atoms with van der Waals surface area (Å²) in [6.07, 6.45) is 1.59. The van der Waals surface area contributed by atoms with E-state index >= 15 is 0 Å². The summed E-state index contributed by atoms with van der Waals surface area (Å²) in [6, 6.07) is 7.77. The smallest absolute Gasteiger partial charge is 0.159 e. The topological polar surface area (TPSA) is 66.9 Å². The second-order valence-corrected chi connectivity index (χ2v) is 5.30. The molecule has 1 aliphatic heterocycles. The van der Waals surface area contributed by atoms with E-state index in [1.54, 1.807) is 13.3 Å². The van der Waals surface area contributed by atoms with E-state index in [0.717, 1.165) is 41.3 Å². The molecule has 1 aromatic heterocycles. The van der Waals surface area contributed by atoms with Crippen molar-refractivity contribution < 1.29 is 4.79 Å². The van der Waals surface area contributed by atoms with E-state index in [9.17, 15) is 4.79 Å². The van der Waals surface area contributed by atoms with E-state index in [2.05, 4.69) is 27.5 Å². The Labute approximate surface area is 123 Å². The van der Waals surface area contributed by atoms with E-state index in [1.807, 2.05) is 24.3 Å². The molecule has 2 aromatic rings. The van der Waals surface area contributed by atoms with E-state index in [4.69, 9.17) is 0 Å². The van der Waals surface area contributed by atoms with Crippen LogP contribution in [-0.4, -0.2) is 15.8 Å². The van der Waals surface area contributed by atoms with Crippen molar-refractivity contribution in [1.82, 2.24) is 15.3 Å². The van der Waals surface area contributed by atoms with Gasteiger partial charge in [0.05, 0.1) is 5.69 Å². The molecule has 108 valence electrons. The lowest BCUT2D eigenvalue weighted by Crippen LogP contribution is -2.11. The molecule has 0 saturated heterocycles. The minimum absolute atomic E-state index is 0.0731. The highest BCUT2D eigenvalue weighted by atomic mass is 16.1. The number of nitrogens with zero attached hydrogens (tertiary/aromatic N) is 2. The summed E-state index contributed by atoms with van der Waals surface area (Å²) in [5.74, 6) is 0.946. The van der Waals surface area contributed by atoms with Crippen LogP contribution >= 0.6 is 0 Å². The fraction of sp³-hybridized carbons (Fsp3) is 0.312. The number of carbonyl (C=O) groups is 1. The Kier molecular flexibility index (Phi) is 3.66. The van der Waals surface area contributed by atoms with Crippen LogP contribution in [0.1, 0.15) is 47.1 Å². The van der Waals surface area contributed by atoms with Crippen LogP contribution < -0.4 is 10.6 Å². The highest BCUT2D eigenvalue weighted by Crippen LogP contribution is 2.24. The molecule has 5 heteroatoms. The third kappa shape index (κ3) is 2.78. The number of benzene rings is 1. The first-order chi connectivity index (χ1) is 10.1. The van der Waals surface area contributed by atoms with Gasteiger partial charge in [0, 0.05) is 30.3 Å². The fourth-order valence-corrected chi connectivity index (χ4v) is 2.53. The molecule has 2 N–H and O–H groups in total. The normalized spacial score (nSPS) is 14.6. The number of rotatable bonds is 4. The Hall–Kier alpha value is -2.27. The number of hydrogen-bond acceptors (Lipinski definition) is 5. The molecule has 0 fully saturated rings. The van der Waals surface area contributed by atoms with Crippen LogP contribution in [0, 0.1) is 0 Å². The van der Waals surface area contributed by atoms with Gasteiger partial charge in [0.1, 0.15) is 12.1 Å². The first-order valence-electron chi connectivity index (χ1n) is 7.06. The van der Waals surface area contributed by atoms with Crippen molar-refractivity contribution in [3.63, 3.8) is 0 Å². The van der Waals surface area contributed by atoms with Crippen LogP contribution in [0.4, 0.5) is 5.82 Å². The summed E-state index contributed by atoms with van der Waals surface area (Å²) in [7, 11) is 0. The highest BCUT2D eigenvalue weighted by molar-refractivity contribution is 5.94. The van der Waals surface area contributed by atoms with E-state index < -0.39 is 0 Å². The maximum absolute atomic E-state index is 11.5. The molecule has 1 atom stereocenters. The van der Waals surface area contributed by atoms with Gasteiger partial charge in [-0.25, -0.2) is 9.97 Å². The summed E-state index contributed by atoms with van der Waals surface area (Å²) in [4.78, 5) is 20.1. The number of aromatic nitrogens is 2. The molecule has 5 nitrogen and oxygen atoms in total. The molecule has 0 spiro atoms. The van der Waals surface area contributed by atoms with E-state index in [-0.39, 0.29) is 11.8 Å². The van der Waals surface area contributed by atoms with Crippen LogP contribution in [0.3, 0.4) is 0 Å². The van der Waals surface area contributed by atoms with Gasteiger partial charge in [-0.05, 0) is 25.5 Å². The molecule has 0 radical (unpaired) electrons. The van der Waals surface area contributed by atoms with Gasteiger partial charge in [-0.3, -0.25) is 4.79 Å². The monoisotopic (exact) mass is 282 g/mol. The Morgan fingerprint density at radius 3 is 3.00 bits per heavy atom. The zero-order valence-corrected chi connectivity index (χ0v) is 12.2. The van der Waals surface area contributed by atoms with Crippen LogP contribution in [0.5, 0.6) is 0 Å². The van der Waals surface area contributed by atoms with Crippen molar-refractivity contribution in [3.8, 4) is 0 Å². The van der Waals surface area contributed by atoms with Crippen LogP contribution in [0.2, 0.25) is 0 Å². The van der Waals surface area contributed by atoms with Crippen molar-refractivity contribution in [3.05, 3.63) is 53.0 Å². The van der Waals surface area contributed by atoms with Crippen molar-refractivity contribution >= 4 is 11.6 Å². The Morgan fingerprint density at radius 1 is 1.33 bits per heavy atom. The SMILES string of the molecule is CC(=O)c1cccc(C(C)Nc2ncnc3c2CNC3)c1. The first-order valence-corrected chi connectivity index (χ1v) is 7.06. The van der Waals surface area contributed by atoms with Gasteiger partial charge < -0.3 is 10.6 Å². The predicted octanol–water partition coefficient (Wildman–Crippen LogP) is 2.46. The van der Waals surface area contributed by atoms with Crippen LogP contribution in [0.25, 0.3) is 0 Å². The first kappa shape index (κ1) is 13.7. The quantitative estimate of drug-likeness (QED) is 0.843. The molecule has 1 unspecified atom stereocenters. The van der Waals surface area contributed by atoms with Gasteiger partial charge in [-0.2, -0.15) is 0 Å². The summed E-state index contributed by atoms with van der Waals surface area (Å²) < 4.78 is 0. The number of carbonyl (C=O) groups excluding carboxylic acids is 1. The van der Waals surface area contributed by atoms with E-state index in [1.165, 1.54) is 0 Å². The highest BCUT2D eigenvalue weighted by Gasteiger charge is 2.18. The van der Waals surface area contributed by atoms with Gasteiger partial charge in [0.25, 0.3) is 0 Å². The number of ketones is 1. The Balaban J connectivity index is 1.84. The van der Waals surface area contributed by atoms with Gasteiger partial charge in [0.15, 0.2) is 5.78 Å². The number of hydrogen-bond donors (Lipinski definition) is 2. The maximum atomic E-state index is 11.5. The lowest BCUT2D eigenvalue weighted by molar-refractivity contribution is 0.101. The van der Waals surface area contributed by atoms with Gasteiger partial charge in [-0.15, -0.1) is 0 Å². The van der Waals surface area contributed by atoms with Gasteiger partial charge in [0.2, 0.25) is 0 Å². The number of Topliss-reactive ketones (excluding diaryl/α,β-unsaturated/α-hetero) is 1. The van der Waals surface area contributed by atoms with Gasteiger partial charge >= 0.3 is 0 Å². The van der Waals surface area contributed by atoms with Crippen molar-refractivity contribution in [1.29, 1.82) is 0 Å². The summed E-state index contributed by atoms with van der Waals surface area (Å²) in [5.41, 5.74) is 3.99. The predicted molar refractivity (Wildman–Crippen MR) is 81.1 cm³/mol. The van der Waals surface area contributed by atoms with Gasteiger partial charge in [-0.1, -0.05) is 18.2 Å². The average Bonchev–Trinajstić information content (AvgIpc) is 2.97.